The predicted octanol–water partition coefficient (Wildman–Crippen LogP) is 11.9. The Bertz CT molecular complexity index is 2870. The molecule has 9 aromatic rings. The molecule has 2 aliphatic heterocycles. The van der Waals surface area contributed by atoms with Gasteiger partial charge in [0.05, 0.1) is 0 Å². The summed E-state index contributed by atoms with van der Waals surface area (Å²) in [5.41, 5.74) is 17.7. The van der Waals surface area contributed by atoms with Crippen molar-refractivity contribution in [3.05, 3.63) is 194 Å². The molecule has 52 heavy (non-hydrogen) atoms. The first-order valence-corrected chi connectivity index (χ1v) is 18.1. The van der Waals surface area contributed by atoms with Crippen molar-refractivity contribution >= 4 is 50.7 Å². The Kier molecular flexibility index (Phi) is 6.41. The molecule has 0 atom stereocenters. The fraction of sp³-hybridized carbons (Fsp3) is 0. The maximum absolute atomic E-state index is 2.61. The van der Waals surface area contributed by atoms with Gasteiger partial charge in [0, 0.05) is 22.5 Å². The Labute approximate surface area is 304 Å². The van der Waals surface area contributed by atoms with Crippen LogP contribution in [0.1, 0.15) is 0 Å². The molecular weight excluding hydrogens is 625 g/mol. The third-order valence-electron chi connectivity index (χ3n) is 11.2. The summed E-state index contributed by atoms with van der Waals surface area (Å²) in [5.74, 6) is 0. The number of hydrogen-bond acceptors (Lipinski definition) is 1. The third-order valence-corrected chi connectivity index (χ3v) is 11.2. The first-order valence-electron chi connectivity index (χ1n) is 18.1. The van der Waals surface area contributed by atoms with Crippen molar-refractivity contribution in [3.63, 3.8) is 0 Å². The topological polar surface area (TPSA) is 3.24 Å². The lowest BCUT2D eigenvalue weighted by Crippen LogP contribution is -2.59. The van der Waals surface area contributed by atoms with Crippen LogP contribution in [0.2, 0.25) is 0 Å². The van der Waals surface area contributed by atoms with E-state index in [-0.39, 0.29) is 6.85 Å². The number of fused-ring (bicyclic) bond motifs is 13. The maximum Gasteiger partial charge on any atom is 0.329 e. The average Bonchev–Trinajstić information content (AvgIpc) is 3.23. The minimum absolute atomic E-state index is 0.0351. The van der Waals surface area contributed by atoms with E-state index in [1.807, 2.05) is 0 Å². The van der Waals surface area contributed by atoms with Crippen molar-refractivity contribution in [2.45, 2.75) is 0 Å². The highest BCUT2D eigenvalue weighted by Crippen LogP contribution is 2.48. The van der Waals surface area contributed by atoms with Gasteiger partial charge in [-0.1, -0.05) is 158 Å². The number of hydrogen-bond donors (Lipinski definition) is 0. The summed E-state index contributed by atoms with van der Waals surface area (Å²) in [6.45, 7) is 0.0351. The van der Waals surface area contributed by atoms with Gasteiger partial charge in [-0.05, 0) is 113 Å². The van der Waals surface area contributed by atoms with Crippen LogP contribution in [0.5, 0.6) is 0 Å². The quantitative estimate of drug-likeness (QED) is 0.171. The summed E-state index contributed by atoms with van der Waals surface area (Å²) in [5, 5.41) is 5.04. The first kappa shape index (κ1) is 29.1. The van der Waals surface area contributed by atoms with Gasteiger partial charge >= 0.3 is 6.85 Å². The lowest BCUT2D eigenvalue weighted by Gasteiger charge is -2.43. The second-order valence-electron chi connectivity index (χ2n) is 14.1. The van der Waals surface area contributed by atoms with Gasteiger partial charge in [-0.15, -0.1) is 0 Å². The van der Waals surface area contributed by atoms with Gasteiger partial charge in [0.1, 0.15) is 0 Å². The highest BCUT2D eigenvalue weighted by molar-refractivity contribution is 6.92. The van der Waals surface area contributed by atoms with Crippen molar-refractivity contribution in [3.8, 4) is 55.6 Å². The van der Waals surface area contributed by atoms with Crippen molar-refractivity contribution in [2.24, 2.45) is 0 Å². The van der Waals surface area contributed by atoms with Gasteiger partial charge in [-0.2, -0.15) is 0 Å². The maximum atomic E-state index is 2.61. The summed E-state index contributed by atoms with van der Waals surface area (Å²) in [7, 11) is 0. The van der Waals surface area contributed by atoms with Crippen LogP contribution >= 0.6 is 0 Å². The molecule has 0 unspecified atom stereocenters. The fourth-order valence-corrected chi connectivity index (χ4v) is 8.70. The van der Waals surface area contributed by atoms with Gasteiger partial charge < -0.3 is 4.81 Å². The summed E-state index contributed by atoms with van der Waals surface area (Å²) >= 11 is 0. The monoisotopic (exact) mass is 657 g/mol. The molecule has 2 heteroatoms. The van der Waals surface area contributed by atoms with Crippen molar-refractivity contribution < 1.29 is 0 Å². The number of rotatable bonds is 3. The Morgan fingerprint density at radius 3 is 1.37 bits per heavy atom. The minimum Gasteiger partial charge on any atom is -0.376 e. The van der Waals surface area contributed by atoms with Crippen molar-refractivity contribution in [1.29, 1.82) is 0 Å². The largest absolute Gasteiger partial charge is 0.376 e. The molecule has 0 amide bonds. The van der Waals surface area contributed by atoms with E-state index in [9.17, 15) is 0 Å². The molecule has 240 valence electrons. The second-order valence-corrected chi connectivity index (χ2v) is 14.1. The van der Waals surface area contributed by atoms with Gasteiger partial charge in [-0.3, -0.25) is 0 Å². The smallest absolute Gasteiger partial charge is 0.329 e. The molecule has 0 spiro atoms. The lowest BCUT2D eigenvalue weighted by molar-refractivity contribution is 1.35. The van der Waals surface area contributed by atoms with Crippen LogP contribution in [0.15, 0.2) is 194 Å². The van der Waals surface area contributed by atoms with Crippen LogP contribution < -0.4 is 15.7 Å². The summed E-state index contributed by atoms with van der Waals surface area (Å²) < 4.78 is 0. The lowest BCUT2D eigenvalue weighted by atomic mass is 9.43. The molecule has 11 rings (SSSR count). The average molecular weight is 658 g/mol. The predicted molar refractivity (Wildman–Crippen MR) is 222 cm³/mol. The van der Waals surface area contributed by atoms with E-state index in [2.05, 4.69) is 199 Å². The molecule has 0 radical (unpaired) electrons. The molecule has 0 bridgehead atoms. The molecule has 0 aromatic heterocycles. The number of nitrogens with zero attached hydrogens (tertiary/aromatic N) is 1. The zero-order valence-electron chi connectivity index (χ0n) is 28.5. The van der Waals surface area contributed by atoms with E-state index in [4.69, 9.17) is 0 Å². The number of anilines is 2. The highest BCUT2D eigenvalue weighted by Gasteiger charge is 2.42. The van der Waals surface area contributed by atoms with E-state index in [1.165, 1.54) is 99.5 Å². The van der Waals surface area contributed by atoms with E-state index in [0.717, 1.165) is 0 Å². The van der Waals surface area contributed by atoms with Gasteiger partial charge in [0.25, 0.3) is 0 Å². The van der Waals surface area contributed by atoms with E-state index in [0.29, 0.717) is 0 Å². The third kappa shape index (κ3) is 4.51. The van der Waals surface area contributed by atoms with Crippen LogP contribution in [0.4, 0.5) is 11.4 Å². The summed E-state index contributed by atoms with van der Waals surface area (Å²) in [4.78, 5) is 2.61. The highest BCUT2D eigenvalue weighted by atomic mass is 15.1. The SMILES string of the molecule is c1ccc(-c2ccc3c(c2)B2c4ccccc4-c4cc(-c5ccc6ccccc6c5)ccc4N2c2ccc(-c4ccc5ccccc5c4)cc2-3)cc1. The molecule has 0 aliphatic carbocycles. The molecule has 9 aromatic carbocycles. The number of benzene rings is 9. The molecule has 1 nitrogen and oxygen atoms in total. The summed E-state index contributed by atoms with van der Waals surface area (Å²) in [6.07, 6.45) is 0. The van der Waals surface area contributed by atoms with Crippen molar-refractivity contribution in [1.82, 2.24) is 0 Å². The summed E-state index contributed by atoms with van der Waals surface area (Å²) in [6, 6.07) is 72.0. The zero-order chi connectivity index (χ0) is 34.2. The molecule has 2 heterocycles. The van der Waals surface area contributed by atoms with Crippen LogP contribution in [0, 0.1) is 0 Å². The second kappa shape index (κ2) is 11.4. The Hall–Kier alpha value is -6.64. The van der Waals surface area contributed by atoms with E-state index >= 15 is 0 Å². The molecule has 2 aliphatic rings. The fourth-order valence-electron chi connectivity index (χ4n) is 8.70. The first-order chi connectivity index (χ1) is 25.8. The molecule has 0 saturated heterocycles. The molecule has 0 saturated carbocycles. The standard InChI is InChI=1S/C50H32BN/c1-2-10-33(11-3-1)42-22-25-44-46-31-41(39-21-19-35-13-5-7-15-37(35)29-39)24-27-50(46)52-49-26-23-40(38-20-18-34-12-4-6-14-36(34)28-38)30-45(49)43-16-8-9-17-47(43)51(52)48(44)32-42/h1-32H. The molecular formula is C50H32BN. The van der Waals surface area contributed by atoms with Gasteiger partial charge in [-0.25, -0.2) is 0 Å². The Morgan fingerprint density at radius 1 is 0.269 bits per heavy atom. The Balaban J connectivity index is 1.14. The Morgan fingerprint density at radius 2 is 0.731 bits per heavy atom. The normalized spacial score (nSPS) is 12.5. The van der Waals surface area contributed by atoms with Gasteiger partial charge in [0.2, 0.25) is 0 Å². The van der Waals surface area contributed by atoms with E-state index < -0.39 is 0 Å². The zero-order valence-corrected chi connectivity index (χ0v) is 28.5. The molecule has 0 fully saturated rings. The van der Waals surface area contributed by atoms with Crippen molar-refractivity contribution in [2.75, 3.05) is 4.81 Å². The van der Waals surface area contributed by atoms with Crippen LogP contribution in [0.25, 0.3) is 77.2 Å². The molecule has 0 N–H and O–H groups in total. The van der Waals surface area contributed by atoms with E-state index in [1.54, 1.807) is 0 Å². The van der Waals surface area contributed by atoms with Crippen LogP contribution in [-0.2, 0) is 0 Å². The van der Waals surface area contributed by atoms with Crippen LogP contribution in [0.3, 0.4) is 0 Å². The minimum atomic E-state index is 0.0351. The van der Waals surface area contributed by atoms with Gasteiger partial charge in [0.15, 0.2) is 0 Å². The van der Waals surface area contributed by atoms with Crippen LogP contribution in [-0.4, -0.2) is 6.85 Å².